The van der Waals surface area contributed by atoms with E-state index in [-0.39, 0.29) is 42.2 Å². The molecule has 0 aromatic heterocycles. The van der Waals surface area contributed by atoms with E-state index in [9.17, 15) is 24.3 Å². The maximum atomic E-state index is 14.9. The van der Waals surface area contributed by atoms with E-state index in [0.29, 0.717) is 39.7 Å². The zero-order chi connectivity index (χ0) is 45.1. The minimum absolute atomic E-state index is 0.000778. The molecule has 0 spiro atoms. The molecule has 0 bridgehead atoms. The monoisotopic (exact) mass is 862 g/mol. The van der Waals surface area contributed by atoms with E-state index in [4.69, 9.17) is 0 Å². The molecule has 2 saturated heterocycles. The maximum absolute atomic E-state index is 14.9. The van der Waals surface area contributed by atoms with Crippen molar-refractivity contribution in [2.75, 3.05) is 47.8 Å². The molecule has 2 aliphatic heterocycles. The molecule has 4 aliphatic rings. The highest BCUT2D eigenvalue weighted by molar-refractivity contribution is 6.24. The van der Waals surface area contributed by atoms with Gasteiger partial charge >= 0.3 is 0 Å². The summed E-state index contributed by atoms with van der Waals surface area (Å²) in [5.41, 5.74) is 6.70. The lowest BCUT2D eigenvalue weighted by Gasteiger charge is -2.44. The van der Waals surface area contributed by atoms with Gasteiger partial charge in [-0.1, -0.05) is 42.0 Å². The van der Waals surface area contributed by atoms with E-state index in [1.807, 2.05) is 123 Å². The molecule has 3 fully saturated rings. The molecule has 0 radical (unpaired) electrons. The highest BCUT2D eigenvalue weighted by Gasteiger charge is 2.62. The van der Waals surface area contributed by atoms with Crippen LogP contribution in [0.1, 0.15) is 24.3 Å². The molecule has 13 nitrogen and oxygen atoms in total. The van der Waals surface area contributed by atoms with E-state index < -0.39 is 35.5 Å². The van der Waals surface area contributed by atoms with Crippen LogP contribution in [0.3, 0.4) is 0 Å². The van der Waals surface area contributed by atoms with Crippen LogP contribution in [-0.4, -0.2) is 56.9 Å². The Balaban J connectivity index is 0.960. The van der Waals surface area contributed by atoms with Crippen LogP contribution in [0.5, 0.6) is 5.75 Å². The Morgan fingerprint density at radius 1 is 0.508 bits per heavy atom. The number of nitrogens with zero attached hydrogens (tertiary/aromatic N) is 8. The summed E-state index contributed by atoms with van der Waals surface area (Å²) in [6.07, 6.45) is 2.46. The van der Waals surface area contributed by atoms with Gasteiger partial charge in [-0.05, 0) is 133 Å². The molecule has 6 aromatic carbocycles. The first kappa shape index (κ1) is 41.2. The molecule has 4 amide bonds. The Bertz CT molecular complexity index is 2960. The number of anilines is 4. The number of hydrogen-bond donors (Lipinski definition) is 1. The van der Waals surface area contributed by atoms with Crippen molar-refractivity contribution >= 4 is 79.9 Å². The van der Waals surface area contributed by atoms with Gasteiger partial charge in [0, 0.05) is 51.0 Å². The highest BCUT2D eigenvalue weighted by Crippen LogP contribution is 2.60. The second kappa shape index (κ2) is 16.4. The Kier molecular flexibility index (Phi) is 10.4. The second-order valence-corrected chi connectivity index (χ2v) is 17.5. The van der Waals surface area contributed by atoms with E-state index in [1.165, 1.54) is 9.80 Å². The zero-order valence-electron chi connectivity index (χ0n) is 36.3. The van der Waals surface area contributed by atoms with Gasteiger partial charge in [0.2, 0.25) is 23.6 Å². The fourth-order valence-corrected chi connectivity index (χ4v) is 10.2. The summed E-state index contributed by atoms with van der Waals surface area (Å²) >= 11 is 0. The van der Waals surface area contributed by atoms with Crippen molar-refractivity contribution in [2.24, 2.45) is 50.0 Å². The van der Waals surface area contributed by atoms with Crippen molar-refractivity contribution in [3.05, 3.63) is 151 Å². The third kappa shape index (κ3) is 7.22. The van der Waals surface area contributed by atoms with Crippen LogP contribution in [0, 0.1) is 29.6 Å². The topological polar surface area (TPSA) is 151 Å². The summed E-state index contributed by atoms with van der Waals surface area (Å²) in [5.74, 6) is -5.82. The lowest BCUT2D eigenvalue weighted by molar-refractivity contribution is -0.126. The van der Waals surface area contributed by atoms with E-state index in [0.717, 1.165) is 27.7 Å². The minimum atomic E-state index is -0.862. The number of carbonyl (C=O) groups excluding carboxylic acids is 4. The number of carbonyl (C=O) groups is 4. The van der Waals surface area contributed by atoms with Gasteiger partial charge in [0.15, 0.2) is 0 Å². The summed E-state index contributed by atoms with van der Waals surface area (Å²) in [6, 6.07) is 40.1. The van der Waals surface area contributed by atoms with E-state index in [1.54, 1.807) is 54.6 Å². The van der Waals surface area contributed by atoms with E-state index in [2.05, 4.69) is 20.5 Å². The molecule has 2 aliphatic carbocycles. The maximum Gasteiger partial charge on any atom is 0.238 e. The summed E-state index contributed by atoms with van der Waals surface area (Å²) in [7, 11) is 7.86. The van der Waals surface area contributed by atoms with Gasteiger partial charge < -0.3 is 14.9 Å². The molecule has 10 rings (SSSR count). The molecule has 13 heteroatoms. The number of phenols is 1. The van der Waals surface area contributed by atoms with Crippen LogP contribution in [-0.2, 0) is 19.2 Å². The van der Waals surface area contributed by atoms with Crippen molar-refractivity contribution in [2.45, 2.75) is 18.8 Å². The molecule has 65 heavy (non-hydrogen) atoms. The first-order valence-electron chi connectivity index (χ1n) is 21.7. The average Bonchev–Trinajstić information content (AvgIpc) is 3.73. The fourth-order valence-electron chi connectivity index (χ4n) is 10.2. The number of imide groups is 2. The number of amides is 4. The number of hydrogen-bond acceptors (Lipinski definition) is 11. The molecule has 6 aromatic rings. The van der Waals surface area contributed by atoms with E-state index >= 15 is 0 Å². The number of aromatic hydroxyl groups is 1. The molecule has 2 heterocycles. The number of fused-ring (bicyclic) bond motifs is 5. The van der Waals surface area contributed by atoms with Gasteiger partial charge in [-0.3, -0.25) is 29.0 Å². The van der Waals surface area contributed by atoms with Crippen LogP contribution < -0.4 is 19.6 Å². The predicted molar refractivity (Wildman–Crippen MR) is 251 cm³/mol. The van der Waals surface area contributed by atoms with Crippen LogP contribution >= 0.6 is 0 Å². The van der Waals surface area contributed by atoms with Crippen LogP contribution in [0.4, 0.5) is 45.5 Å². The number of rotatable bonds is 9. The number of azo groups is 2. The summed E-state index contributed by atoms with van der Waals surface area (Å²) in [4.78, 5) is 65.2. The fraction of sp³-hybridized carbons (Fsp3) is 0.231. The molecular weight excluding hydrogens is 817 g/mol. The van der Waals surface area contributed by atoms with Crippen molar-refractivity contribution in [3.8, 4) is 5.75 Å². The average molecular weight is 863 g/mol. The molecule has 6 atom stereocenters. The van der Waals surface area contributed by atoms with Crippen molar-refractivity contribution in [1.29, 1.82) is 0 Å². The van der Waals surface area contributed by atoms with Gasteiger partial charge in [-0.25, -0.2) is 0 Å². The number of phenolic OH excluding ortho intramolecular Hbond substituents is 1. The normalized spacial score (nSPS) is 22.7. The molecule has 6 unspecified atom stereocenters. The SMILES string of the molecule is CN(C)c1ccc(N=Nc2ccc(N3C(=O)C4CC=C5C(CC6C(=O)N(c7ccc(N=Nc8ccc(N(C)C)cc8)cc7)C(=O)C6C5c5c(O)ccc6ccccc56)C4C3=O)cc2)cc1. The van der Waals surface area contributed by atoms with Crippen molar-refractivity contribution < 1.29 is 24.3 Å². The van der Waals surface area contributed by atoms with Crippen LogP contribution in [0.2, 0.25) is 0 Å². The third-order valence-corrected chi connectivity index (χ3v) is 13.4. The predicted octanol–water partition coefficient (Wildman–Crippen LogP) is 10.6. The summed E-state index contributed by atoms with van der Waals surface area (Å²) in [5, 5.41) is 30.8. The van der Waals surface area contributed by atoms with Crippen LogP contribution in [0.15, 0.2) is 166 Å². The quantitative estimate of drug-likeness (QED) is 0.0863. The molecule has 1 saturated carbocycles. The number of allylic oxidation sites excluding steroid dienone is 2. The van der Waals surface area contributed by atoms with Crippen LogP contribution in [0.25, 0.3) is 10.8 Å². The summed E-state index contributed by atoms with van der Waals surface area (Å²) in [6.45, 7) is 0. The standard InChI is InChI=1S/C52H46N8O5/c1-57(2)35-18-10-31(11-19-35)53-55-33-14-22-37(23-15-33)59-49(62)41-27-26-40-42(45(41)51(59)64)29-43-48(47(40)46-39-8-6-5-7-30(39)9-28-44(46)61)52(65)60(50(43)63)38-24-16-34(17-25-38)56-54-32-12-20-36(21-13-32)58(3)4/h5-26,28,41-43,45,47-48,61H,27,29H2,1-4H3. The van der Waals surface area contributed by atoms with Crippen molar-refractivity contribution in [1.82, 2.24) is 0 Å². The molecule has 324 valence electrons. The van der Waals surface area contributed by atoms with Gasteiger partial charge in [0.25, 0.3) is 0 Å². The second-order valence-electron chi connectivity index (χ2n) is 17.5. The van der Waals surface area contributed by atoms with Gasteiger partial charge in [-0.2, -0.15) is 20.5 Å². The largest absolute Gasteiger partial charge is 0.508 e. The zero-order valence-corrected chi connectivity index (χ0v) is 36.3. The summed E-state index contributed by atoms with van der Waals surface area (Å²) < 4.78 is 0. The Labute approximate surface area is 376 Å². The number of benzene rings is 6. The minimum Gasteiger partial charge on any atom is -0.508 e. The van der Waals surface area contributed by atoms with Gasteiger partial charge in [0.05, 0.1) is 57.8 Å². The van der Waals surface area contributed by atoms with Gasteiger partial charge in [-0.15, -0.1) is 0 Å². The Hall–Kier alpha value is -7.80. The molecular formula is C52H46N8O5. The Morgan fingerprint density at radius 3 is 1.48 bits per heavy atom. The molecule has 1 N–H and O–H groups in total. The first-order chi connectivity index (χ1) is 31.5. The smallest absolute Gasteiger partial charge is 0.238 e. The third-order valence-electron chi connectivity index (χ3n) is 13.4. The highest BCUT2D eigenvalue weighted by atomic mass is 16.3. The van der Waals surface area contributed by atoms with Gasteiger partial charge in [0.1, 0.15) is 5.75 Å². The van der Waals surface area contributed by atoms with Crippen molar-refractivity contribution in [3.63, 3.8) is 0 Å². The lowest BCUT2D eigenvalue weighted by atomic mass is 9.56. The lowest BCUT2D eigenvalue weighted by Crippen LogP contribution is -2.43. The first-order valence-corrected chi connectivity index (χ1v) is 21.7. The Morgan fingerprint density at radius 2 is 0.969 bits per heavy atom.